The predicted octanol–water partition coefficient (Wildman–Crippen LogP) is 3.94. The van der Waals surface area contributed by atoms with Gasteiger partial charge in [0.2, 0.25) is 0 Å². The monoisotopic (exact) mass is 520 g/mol. The van der Waals surface area contributed by atoms with Crippen molar-refractivity contribution < 1.29 is 18.0 Å². The van der Waals surface area contributed by atoms with Crippen LogP contribution in [-0.2, 0) is 19.3 Å². The summed E-state index contributed by atoms with van der Waals surface area (Å²) in [6.45, 7) is 3.24. The Kier molecular flexibility index (Phi) is 9.93. The summed E-state index contributed by atoms with van der Waals surface area (Å²) in [5.41, 5.74) is 1.46. The lowest BCUT2D eigenvalue weighted by Gasteiger charge is -2.12. The molecule has 5 nitrogen and oxygen atoms in total. The highest BCUT2D eigenvalue weighted by Crippen LogP contribution is 2.29. The number of aliphatic imine (C=N–C) groups is 1. The van der Waals surface area contributed by atoms with Crippen molar-refractivity contribution in [2.75, 3.05) is 13.6 Å². The van der Waals surface area contributed by atoms with Crippen LogP contribution in [0.15, 0.2) is 53.5 Å². The lowest BCUT2D eigenvalue weighted by atomic mass is 10.1. The van der Waals surface area contributed by atoms with Crippen LogP contribution in [0.4, 0.5) is 13.2 Å². The van der Waals surface area contributed by atoms with Crippen LogP contribution in [0.25, 0.3) is 0 Å². The fraction of sp³-hybridized carbons (Fsp3) is 0.300. The zero-order valence-corrected chi connectivity index (χ0v) is 18.5. The van der Waals surface area contributed by atoms with E-state index in [0.29, 0.717) is 36.7 Å². The molecule has 2 aromatic carbocycles. The number of benzene rings is 2. The third kappa shape index (κ3) is 7.92. The average Bonchev–Trinajstić information content (AvgIpc) is 2.69. The minimum Gasteiger partial charge on any atom is -0.357 e. The molecule has 0 unspecified atom stereocenters. The smallest absolute Gasteiger partial charge is 0.357 e. The number of amides is 1. The first-order valence-corrected chi connectivity index (χ1v) is 8.82. The molecule has 0 aliphatic rings. The van der Waals surface area contributed by atoms with Gasteiger partial charge in [0.1, 0.15) is 0 Å². The van der Waals surface area contributed by atoms with Crippen molar-refractivity contribution in [3.05, 3.63) is 70.8 Å². The molecular formula is C20H24F3IN4O. The highest BCUT2D eigenvalue weighted by molar-refractivity contribution is 14.0. The SMILES string of the molecule is CCNC(=NCc1cccc(C(=O)NC)c1)NCc1ccc(C(F)(F)F)cc1.I. The molecule has 0 bridgehead atoms. The van der Waals surface area contributed by atoms with Crippen molar-refractivity contribution in [1.29, 1.82) is 0 Å². The van der Waals surface area contributed by atoms with E-state index in [0.717, 1.165) is 17.7 Å². The zero-order chi connectivity index (χ0) is 20.6. The summed E-state index contributed by atoms with van der Waals surface area (Å²) in [5, 5.41) is 8.75. The van der Waals surface area contributed by atoms with Gasteiger partial charge in [0.05, 0.1) is 12.1 Å². The van der Waals surface area contributed by atoms with Crippen LogP contribution in [0.2, 0.25) is 0 Å². The van der Waals surface area contributed by atoms with Gasteiger partial charge in [-0.15, -0.1) is 24.0 Å². The van der Waals surface area contributed by atoms with E-state index in [-0.39, 0.29) is 29.9 Å². The van der Waals surface area contributed by atoms with Crippen LogP contribution in [0, 0.1) is 0 Å². The highest BCUT2D eigenvalue weighted by Gasteiger charge is 2.29. The summed E-state index contributed by atoms with van der Waals surface area (Å²) in [5.74, 6) is 0.367. The van der Waals surface area contributed by atoms with E-state index in [1.807, 2.05) is 13.0 Å². The number of carbonyl (C=O) groups is 1. The normalized spacial score (nSPS) is 11.4. The van der Waals surface area contributed by atoms with E-state index in [1.54, 1.807) is 25.2 Å². The molecule has 3 N–H and O–H groups in total. The third-order valence-corrected chi connectivity index (χ3v) is 3.92. The number of hydrogen-bond acceptors (Lipinski definition) is 2. The van der Waals surface area contributed by atoms with Crippen LogP contribution in [-0.4, -0.2) is 25.5 Å². The summed E-state index contributed by atoms with van der Waals surface area (Å²) in [6.07, 6.45) is -4.34. The van der Waals surface area contributed by atoms with Crippen molar-refractivity contribution >= 4 is 35.8 Å². The number of alkyl halides is 3. The van der Waals surface area contributed by atoms with Crippen molar-refractivity contribution in [2.45, 2.75) is 26.2 Å². The summed E-state index contributed by atoms with van der Waals surface area (Å²) in [6, 6.07) is 12.1. The van der Waals surface area contributed by atoms with Gasteiger partial charge in [-0.05, 0) is 42.3 Å². The molecule has 0 saturated heterocycles. The Morgan fingerprint density at radius 3 is 2.31 bits per heavy atom. The first-order chi connectivity index (χ1) is 13.3. The van der Waals surface area contributed by atoms with Gasteiger partial charge in [0, 0.05) is 25.7 Å². The second-order valence-corrected chi connectivity index (χ2v) is 6.02. The molecule has 0 aliphatic carbocycles. The molecular weight excluding hydrogens is 496 g/mol. The Hall–Kier alpha value is -2.30. The molecule has 0 radical (unpaired) electrons. The second kappa shape index (κ2) is 11.6. The Morgan fingerprint density at radius 1 is 1.03 bits per heavy atom. The molecule has 2 rings (SSSR count). The number of hydrogen-bond donors (Lipinski definition) is 3. The fourth-order valence-corrected chi connectivity index (χ4v) is 2.46. The summed E-state index contributed by atoms with van der Waals surface area (Å²) in [4.78, 5) is 16.2. The van der Waals surface area contributed by atoms with Crippen molar-refractivity contribution in [1.82, 2.24) is 16.0 Å². The highest BCUT2D eigenvalue weighted by atomic mass is 127. The lowest BCUT2D eigenvalue weighted by Crippen LogP contribution is -2.36. The molecule has 158 valence electrons. The second-order valence-electron chi connectivity index (χ2n) is 6.02. The summed E-state index contributed by atoms with van der Waals surface area (Å²) < 4.78 is 37.9. The zero-order valence-electron chi connectivity index (χ0n) is 16.1. The first-order valence-electron chi connectivity index (χ1n) is 8.82. The van der Waals surface area contributed by atoms with Gasteiger partial charge in [-0.3, -0.25) is 4.79 Å². The Bertz CT molecular complexity index is 823. The van der Waals surface area contributed by atoms with Crippen LogP contribution in [0.5, 0.6) is 0 Å². The largest absolute Gasteiger partial charge is 0.416 e. The minimum absolute atomic E-state index is 0. The molecule has 0 aromatic heterocycles. The van der Waals surface area contributed by atoms with Crippen LogP contribution < -0.4 is 16.0 Å². The number of nitrogens with zero attached hydrogens (tertiary/aromatic N) is 1. The van der Waals surface area contributed by atoms with Gasteiger partial charge >= 0.3 is 6.18 Å². The molecule has 1 amide bonds. The first kappa shape index (κ1) is 24.7. The van der Waals surface area contributed by atoms with Gasteiger partial charge in [-0.2, -0.15) is 13.2 Å². The molecule has 29 heavy (non-hydrogen) atoms. The third-order valence-electron chi connectivity index (χ3n) is 3.92. The molecule has 0 fully saturated rings. The summed E-state index contributed by atoms with van der Waals surface area (Å²) >= 11 is 0. The Morgan fingerprint density at radius 2 is 1.72 bits per heavy atom. The maximum atomic E-state index is 12.6. The van der Waals surface area contributed by atoms with Gasteiger partial charge in [0.15, 0.2) is 5.96 Å². The molecule has 0 atom stereocenters. The van der Waals surface area contributed by atoms with Gasteiger partial charge in [0.25, 0.3) is 5.91 Å². The molecule has 0 heterocycles. The average molecular weight is 520 g/mol. The lowest BCUT2D eigenvalue weighted by molar-refractivity contribution is -0.137. The van der Waals surface area contributed by atoms with Crippen molar-refractivity contribution in [2.24, 2.45) is 4.99 Å². The van der Waals surface area contributed by atoms with E-state index >= 15 is 0 Å². The van der Waals surface area contributed by atoms with E-state index in [1.165, 1.54) is 12.1 Å². The maximum Gasteiger partial charge on any atom is 0.416 e. The number of nitrogens with one attached hydrogen (secondary N) is 3. The minimum atomic E-state index is -4.34. The Labute approximate surface area is 185 Å². The molecule has 0 spiro atoms. The predicted molar refractivity (Wildman–Crippen MR) is 118 cm³/mol. The van der Waals surface area contributed by atoms with Crippen molar-refractivity contribution in [3.8, 4) is 0 Å². The maximum absolute atomic E-state index is 12.6. The summed E-state index contributed by atoms with van der Waals surface area (Å²) in [7, 11) is 1.57. The molecule has 9 heteroatoms. The fourth-order valence-electron chi connectivity index (χ4n) is 2.46. The number of guanidine groups is 1. The van der Waals surface area contributed by atoms with E-state index in [2.05, 4.69) is 20.9 Å². The molecule has 2 aromatic rings. The standard InChI is InChI=1S/C20H23F3N4O.HI/c1-3-25-19(26-12-14-7-9-17(10-8-14)20(21,22)23)27-13-15-5-4-6-16(11-15)18(28)24-2;/h4-11H,3,12-13H2,1-2H3,(H,24,28)(H2,25,26,27);1H. The molecule has 0 aliphatic heterocycles. The Balaban J connectivity index is 0.00000420. The number of halogens is 4. The number of rotatable bonds is 6. The van der Waals surface area contributed by atoms with Gasteiger partial charge in [-0.1, -0.05) is 24.3 Å². The topological polar surface area (TPSA) is 65.5 Å². The quantitative estimate of drug-likeness (QED) is 0.307. The molecule has 0 saturated carbocycles. The van der Waals surface area contributed by atoms with E-state index in [4.69, 9.17) is 0 Å². The van der Waals surface area contributed by atoms with Crippen molar-refractivity contribution in [3.63, 3.8) is 0 Å². The van der Waals surface area contributed by atoms with Gasteiger partial charge in [-0.25, -0.2) is 4.99 Å². The van der Waals surface area contributed by atoms with E-state index < -0.39 is 11.7 Å². The van der Waals surface area contributed by atoms with Gasteiger partial charge < -0.3 is 16.0 Å². The number of carbonyl (C=O) groups excluding carboxylic acids is 1. The van der Waals surface area contributed by atoms with Crippen LogP contribution in [0.3, 0.4) is 0 Å². The van der Waals surface area contributed by atoms with Crippen LogP contribution in [0.1, 0.15) is 34.0 Å². The van der Waals surface area contributed by atoms with E-state index in [9.17, 15) is 18.0 Å². The van der Waals surface area contributed by atoms with Crippen LogP contribution >= 0.6 is 24.0 Å².